The first-order valence-corrected chi connectivity index (χ1v) is 10.1. The molecule has 0 bridgehead atoms. The van der Waals surface area contributed by atoms with Gasteiger partial charge >= 0.3 is 0 Å². The molecule has 0 atom stereocenters. The summed E-state index contributed by atoms with van der Waals surface area (Å²) in [7, 11) is 0. The normalized spacial score (nSPS) is 11.8. The van der Waals surface area contributed by atoms with Crippen molar-refractivity contribution >= 4 is 22.9 Å². The molecule has 0 aliphatic carbocycles. The van der Waals surface area contributed by atoms with Crippen molar-refractivity contribution in [1.82, 2.24) is 9.78 Å². The molecular formula is C22H17ClF2N2OS. The number of thiophene rings is 1. The number of hydrogen-bond acceptors (Lipinski definition) is 3. The number of benzene rings is 2. The second kappa shape index (κ2) is 7.37. The first kappa shape index (κ1) is 19.8. The SMILES string of the molecule is CC(C)(O)c1cc(-c2ccc(-c3ccc(F)c(F)c3)s2)n(-c2ccccc2Cl)n1. The summed E-state index contributed by atoms with van der Waals surface area (Å²) in [5.41, 5.74) is 1.37. The third kappa shape index (κ3) is 3.83. The summed E-state index contributed by atoms with van der Waals surface area (Å²) < 4.78 is 28.6. The smallest absolute Gasteiger partial charge is 0.159 e. The van der Waals surface area contributed by atoms with Crippen molar-refractivity contribution in [3.8, 4) is 26.7 Å². The van der Waals surface area contributed by atoms with Crippen molar-refractivity contribution in [2.45, 2.75) is 19.4 Å². The number of halogens is 3. The van der Waals surface area contributed by atoms with Gasteiger partial charge in [0.1, 0.15) is 5.60 Å². The highest BCUT2D eigenvalue weighted by molar-refractivity contribution is 7.18. The lowest BCUT2D eigenvalue weighted by atomic mass is 10.1. The van der Waals surface area contributed by atoms with E-state index in [0.29, 0.717) is 22.0 Å². The summed E-state index contributed by atoms with van der Waals surface area (Å²) in [5.74, 6) is -1.76. The summed E-state index contributed by atoms with van der Waals surface area (Å²) in [4.78, 5) is 1.64. The second-order valence-electron chi connectivity index (χ2n) is 7.13. The first-order valence-electron chi connectivity index (χ1n) is 8.87. The van der Waals surface area contributed by atoms with Gasteiger partial charge in [0.05, 0.1) is 27.0 Å². The molecule has 0 fully saturated rings. The van der Waals surface area contributed by atoms with Crippen molar-refractivity contribution < 1.29 is 13.9 Å². The van der Waals surface area contributed by atoms with E-state index in [1.165, 1.54) is 17.4 Å². The zero-order valence-corrected chi connectivity index (χ0v) is 17.2. The van der Waals surface area contributed by atoms with Crippen LogP contribution in [0.25, 0.3) is 26.7 Å². The van der Waals surface area contributed by atoms with Crippen LogP contribution in [0.1, 0.15) is 19.5 Å². The topological polar surface area (TPSA) is 38.0 Å². The van der Waals surface area contributed by atoms with E-state index < -0.39 is 17.2 Å². The Hall–Kier alpha value is -2.54. The Bertz CT molecular complexity index is 1190. The summed E-state index contributed by atoms with van der Waals surface area (Å²) in [5, 5.41) is 15.5. The van der Waals surface area contributed by atoms with Crippen LogP contribution in [0.3, 0.4) is 0 Å². The summed E-state index contributed by atoms with van der Waals surface area (Å²) in [6, 6.07) is 16.7. The third-order valence-corrected chi connectivity index (χ3v) is 5.96. The molecule has 0 saturated carbocycles. The van der Waals surface area contributed by atoms with Gasteiger partial charge in [0.2, 0.25) is 0 Å². The van der Waals surface area contributed by atoms with Crippen LogP contribution in [-0.4, -0.2) is 14.9 Å². The Morgan fingerprint density at radius 1 is 0.966 bits per heavy atom. The summed E-state index contributed by atoms with van der Waals surface area (Å²) in [6.45, 7) is 3.33. The van der Waals surface area contributed by atoms with Gasteiger partial charge in [0, 0.05) is 4.88 Å². The van der Waals surface area contributed by atoms with Crippen LogP contribution in [0.2, 0.25) is 5.02 Å². The molecule has 4 aromatic rings. The zero-order valence-electron chi connectivity index (χ0n) is 15.7. The fourth-order valence-electron chi connectivity index (χ4n) is 2.94. The predicted octanol–water partition coefficient (Wildman–Crippen LogP) is 6.43. The first-order chi connectivity index (χ1) is 13.7. The molecule has 2 heterocycles. The van der Waals surface area contributed by atoms with E-state index in [1.807, 2.05) is 36.4 Å². The molecule has 1 N–H and O–H groups in total. The lowest BCUT2D eigenvalue weighted by molar-refractivity contribution is 0.0734. The third-order valence-electron chi connectivity index (χ3n) is 4.48. The lowest BCUT2D eigenvalue weighted by Crippen LogP contribution is -2.16. The predicted molar refractivity (Wildman–Crippen MR) is 112 cm³/mol. The molecule has 0 aliphatic heterocycles. The minimum atomic E-state index is -1.14. The van der Waals surface area contributed by atoms with Crippen LogP contribution in [0, 0.1) is 11.6 Å². The summed E-state index contributed by atoms with van der Waals surface area (Å²) >= 11 is 7.80. The molecule has 29 heavy (non-hydrogen) atoms. The number of para-hydroxylation sites is 1. The Morgan fingerprint density at radius 3 is 2.38 bits per heavy atom. The van der Waals surface area contributed by atoms with Gasteiger partial charge in [-0.1, -0.05) is 29.8 Å². The maximum Gasteiger partial charge on any atom is 0.159 e. The quantitative estimate of drug-likeness (QED) is 0.405. The van der Waals surface area contributed by atoms with Gasteiger partial charge in [-0.3, -0.25) is 0 Å². The molecule has 2 aromatic heterocycles. The van der Waals surface area contributed by atoms with E-state index in [0.717, 1.165) is 21.5 Å². The molecular weight excluding hydrogens is 414 g/mol. The van der Waals surface area contributed by atoms with Gasteiger partial charge in [0.15, 0.2) is 11.6 Å². The number of nitrogens with zero attached hydrogens (tertiary/aromatic N) is 2. The average Bonchev–Trinajstić information content (AvgIpc) is 3.31. The summed E-state index contributed by atoms with van der Waals surface area (Å²) in [6.07, 6.45) is 0. The Kier molecular flexibility index (Phi) is 5.02. The van der Waals surface area contributed by atoms with E-state index in [9.17, 15) is 13.9 Å². The van der Waals surface area contributed by atoms with Crippen LogP contribution in [-0.2, 0) is 5.60 Å². The van der Waals surface area contributed by atoms with Crippen molar-refractivity contribution in [3.63, 3.8) is 0 Å². The van der Waals surface area contributed by atoms with E-state index >= 15 is 0 Å². The Balaban J connectivity index is 1.85. The average molecular weight is 431 g/mol. The molecule has 2 aromatic carbocycles. The molecule has 0 radical (unpaired) electrons. The van der Waals surface area contributed by atoms with E-state index in [4.69, 9.17) is 11.6 Å². The van der Waals surface area contributed by atoms with Crippen molar-refractivity contribution in [2.75, 3.05) is 0 Å². The van der Waals surface area contributed by atoms with Crippen LogP contribution in [0.5, 0.6) is 0 Å². The molecule has 3 nitrogen and oxygen atoms in total. The molecule has 0 saturated heterocycles. The highest BCUT2D eigenvalue weighted by Gasteiger charge is 2.24. The van der Waals surface area contributed by atoms with E-state index in [-0.39, 0.29) is 0 Å². The molecule has 7 heteroatoms. The van der Waals surface area contributed by atoms with E-state index in [1.54, 1.807) is 30.7 Å². The fourth-order valence-corrected chi connectivity index (χ4v) is 4.16. The Morgan fingerprint density at radius 2 is 1.69 bits per heavy atom. The van der Waals surface area contributed by atoms with Gasteiger partial charge in [-0.05, 0) is 61.9 Å². The highest BCUT2D eigenvalue weighted by atomic mass is 35.5. The lowest BCUT2D eigenvalue weighted by Gasteiger charge is -2.13. The van der Waals surface area contributed by atoms with Crippen LogP contribution in [0.4, 0.5) is 8.78 Å². The van der Waals surface area contributed by atoms with Gasteiger partial charge in [-0.15, -0.1) is 11.3 Å². The van der Waals surface area contributed by atoms with Crippen LogP contribution in [0.15, 0.2) is 60.7 Å². The molecule has 0 unspecified atom stereocenters. The molecule has 0 aliphatic rings. The zero-order chi connectivity index (χ0) is 20.8. The second-order valence-corrected chi connectivity index (χ2v) is 8.62. The molecule has 148 valence electrons. The minimum absolute atomic E-state index is 0.496. The number of aliphatic hydroxyl groups is 1. The van der Waals surface area contributed by atoms with Gasteiger partial charge in [0.25, 0.3) is 0 Å². The fraction of sp³-hybridized carbons (Fsp3) is 0.136. The van der Waals surface area contributed by atoms with Crippen LogP contribution >= 0.6 is 22.9 Å². The monoisotopic (exact) mass is 430 g/mol. The van der Waals surface area contributed by atoms with E-state index in [2.05, 4.69) is 5.10 Å². The van der Waals surface area contributed by atoms with Gasteiger partial charge in [-0.25, -0.2) is 13.5 Å². The number of aromatic nitrogens is 2. The molecule has 4 rings (SSSR count). The van der Waals surface area contributed by atoms with Gasteiger partial charge < -0.3 is 5.11 Å². The number of rotatable bonds is 4. The number of hydrogen-bond donors (Lipinski definition) is 1. The minimum Gasteiger partial charge on any atom is -0.384 e. The van der Waals surface area contributed by atoms with Gasteiger partial charge in [-0.2, -0.15) is 5.10 Å². The van der Waals surface area contributed by atoms with Crippen LogP contribution < -0.4 is 0 Å². The standard InChI is InChI=1S/C22H17ClF2N2OS/c1-22(2,28)21-12-18(27(26-21)17-6-4-3-5-14(17)23)20-10-9-19(29-20)13-7-8-15(24)16(25)11-13/h3-12,28H,1-2H3. The van der Waals surface area contributed by atoms with Crippen molar-refractivity contribution in [2.24, 2.45) is 0 Å². The maximum atomic E-state index is 13.6. The maximum absolute atomic E-state index is 13.6. The molecule has 0 amide bonds. The Labute approximate surface area is 175 Å². The van der Waals surface area contributed by atoms with Crippen molar-refractivity contribution in [1.29, 1.82) is 0 Å². The molecule has 0 spiro atoms. The highest BCUT2D eigenvalue weighted by Crippen LogP contribution is 2.38. The largest absolute Gasteiger partial charge is 0.384 e. The van der Waals surface area contributed by atoms with Crippen molar-refractivity contribution in [3.05, 3.63) is 83.0 Å².